The molecule has 3 heterocycles. The third kappa shape index (κ3) is 1.37. The van der Waals surface area contributed by atoms with Crippen molar-refractivity contribution in [3.05, 3.63) is 35.5 Å². The van der Waals surface area contributed by atoms with E-state index in [1.54, 1.807) is 12.3 Å². The number of ether oxygens (including phenoxy) is 1. The minimum atomic E-state index is 0.457. The zero-order valence-corrected chi connectivity index (χ0v) is 8.61. The highest BCUT2D eigenvalue weighted by Gasteiger charge is 2.16. The van der Waals surface area contributed by atoms with Gasteiger partial charge in [-0.25, -0.2) is 9.97 Å². The number of fused-ring (bicyclic) bond motifs is 3. The summed E-state index contributed by atoms with van der Waals surface area (Å²) in [5, 5.41) is 0.457. The quantitative estimate of drug-likeness (QED) is 0.638. The molecular formula is C10H8ClN3O. The molecular weight excluding hydrogens is 214 g/mol. The molecule has 3 rings (SSSR count). The van der Waals surface area contributed by atoms with Crippen molar-refractivity contribution in [3.63, 3.8) is 0 Å². The minimum absolute atomic E-state index is 0.457. The summed E-state index contributed by atoms with van der Waals surface area (Å²) >= 11 is 5.86. The van der Waals surface area contributed by atoms with E-state index in [-0.39, 0.29) is 0 Å². The normalized spacial score (nSPS) is 13.7. The van der Waals surface area contributed by atoms with E-state index in [2.05, 4.69) is 9.97 Å². The second-order valence-corrected chi connectivity index (χ2v) is 3.65. The van der Waals surface area contributed by atoms with Crippen LogP contribution in [0.5, 0.6) is 5.75 Å². The van der Waals surface area contributed by atoms with Gasteiger partial charge < -0.3 is 4.74 Å². The highest BCUT2D eigenvalue weighted by Crippen LogP contribution is 2.26. The topological polar surface area (TPSA) is 39.9 Å². The van der Waals surface area contributed by atoms with E-state index in [9.17, 15) is 0 Å². The molecule has 0 unspecified atom stereocenters. The van der Waals surface area contributed by atoms with Crippen LogP contribution in [-0.2, 0) is 6.42 Å². The first-order valence-electron chi connectivity index (χ1n) is 4.66. The lowest BCUT2D eigenvalue weighted by Gasteiger charge is -2.07. The third-order valence-corrected chi connectivity index (χ3v) is 2.54. The fourth-order valence-electron chi connectivity index (χ4n) is 1.66. The Morgan fingerprint density at radius 3 is 3.27 bits per heavy atom. The molecule has 76 valence electrons. The molecule has 4 nitrogen and oxygen atoms in total. The summed E-state index contributed by atoms with van der Waals surface area (Å²) in [6, 6.07) is 3.56. The second kappa shape index (κ2) is 3.24. The van der Waals surface area contributed by atoms with E-state index >= 15 is 0 Å². The Labute approximate surface area is 91.5 Å². The smallest absolute Gasteiger partial charge is 0.182 e. The van der Waals surface area contributed by atoms with Crippen molar-refractivity contribution in [3.8, 4) is 11.6 Å². The Kier molecular flexibility index (Phi) is 1.89. The Balaban J connectivity index is 2.27. The van der Waals surface area contributed by atoms with Crippen LogP contribution in [0.3, 0.4) is 0 Å². The van der Waals surface area contributed by atoms with Gasteiger partial charge >= 0.3 is 0 Å². The van der Waals surface area contributed by atoms with Gasteiger partial charge in [0, 0.05) is 18.8 Å². The van der Waals surface area contributed by atoms with Crippen LogP contribution in [0.4, 0.5) is 0 Å². The number of imidazole rings is 1. The van der Waals surface area contributed by atoms with Gasteiger partial charge in [0.05, 0.1) is 6.61 Å². The van der Waals surface area contributed by atoms with Crippen molar-refractivity contribution in [2.45, 2.75) is 6.42 Å². The lowest BCUT2D eigenvalue weighted by Crippen LogP contribution is -2.01. The summed E-state index contributed by atoms with van der Waals surface area (Å²) in [6.07, 6.45) is 4.40. The van der Waals surface area contributed by atoms with Gasteiger partial charge in [-0.3, -0.25) is 4.57 Å². The number of hydrogen-bond acceptors (Lipinski definition) is 3. The maximum absolute atomic E-state index is 5.86. The largest absolute Gasteiger partial charge is 0.489 e. The number of halogens is 1. The molecule has 1 aliphatic rings. The molecule has 5 heteroatoms. The molecule has 2 aromatic rings. The van der Waals surface area contributed by atoms with Gasteiger partial charge in [-0.05, 0) is 12.1 Å². The number of hydrogen-bond donors (Lipinski definition) is 0. The molecule has 0 atom stereocenters. The SMILES string of the molecule is Clc1ccc2c(n1)-n1ccnc1CCO2. The molecule has 0 spiro atoms. The van der Waals surface area contributed by atoms with E-state index in [0.29, 0.717) is 17.6 Å². The van der Waals surface area contributed by atoms with Crippen LogP contribution >= 0.6 is 11.6 Å². The Hall–Kier alpha value is -1.55. The van der Waals surface area contributed by atoms with Crippen LogP contribution in [0.25, 0.3) is 5.82 Å². The molecule has 0 bridgehead atoms. The number of rotatable bonds is 0. The molecule has 2 aromatic heterocycles. The van der Waals surface area contributed by atoms with Crippen LogP contribution in [0.1, 0.15) is 5.82 Å². The zero-order chi connectivity index (χ0) is 10.3. The van der Waals surface area contributed by atoms with Crippen molar-refractivity contribution in [2.24, 2.45) is 0 Å². The average Bonchev–Trinajstić information content (AvgIpc) is 2.62. The third-order valence-electron chi connectivity index (χ3n) is 2.33. The fraction of sp³-hybridized carbons (Fsp3) is 0.200. The van der Waals surface area contributed by atoms with Gasteiger partial charge in [0.15, 0.2) is 11.6 Å². The highest BCUT2D eigenvalue weighted by atomic mass is 35.5. The molecule has 0 radical (unpaired) electrons. The van der Waals surface area contributed by atoms with E-state index in [4.69, 9.17) is 16.3 Å². The van der Waals surface area contributed by atoms with Crippen LogP contribution in [0.2, 0.25) is 5.15 Å². The van der Waals surface area contributed by atoms with E-state index in [0.717, 1.165) is 18.0 Å². The standard InChI is InChI=1S/C10H8ClN3O/c11-8-2-1-7-10(13-8)14-5-4-12-9(14)3-6-15-7/h1-2,4-5H,3,6H2. The summed E-state index contributed by atoms with van der Waals surface area (Å²) in [5.41, 5.74) is 0. The van der Waals surface area contributed by atoms with Crippen molar-refractivity contribution in [1.29, 1.82) is 0 Å². The number of aromatic nitrogens is 3. The van der Waals surface area contributed by atoms with Crippen LogP contribution in [0.15, 0.2) is 24.5 Å². The van der Waals surface area contributed by atoms with Gasteiger partial charge in [-0.15, -0.1) is 0 Å². The summed E-state index contributed by atoms with van der Waals surface area (Å²) in [5.74, 6) is 2.41. The maximum Gasteiger partial charge on any atom is 0.182 e. The Morgan fingerprint density at radius 1 is 1.40 bits per heavy atom. The molecule has 0 aliphatic carbocycles. The average molecular weight is 222 g/mol. The molecule has 0 aromatic carbocycles. The van der Waals surface area contributed by atoms with Crippen LogP contribution < -0.4 is 4.74 Å². The second-order valence-electron chi connectivity index (χ2n) is 3.27. The summed E-state index contributed by atoms with van der Waals surface area (Å²) in [7, 11) is 0. The first-order valence-corrected chi connectivity index (χ1v) is 5.04. The van der Waals surface area contributed by atoms with Gasteiger partial charge in [-0.1, -0.05) is 11.6 Å². The van der Waals surface area contributed by atoms with Crippen molar-refractivity contribution in [2.75, 3.05) is 6.61 Å². The van der Waals surface area contributed by atoms with Gasteiger partial charge in [0.2, 0.25) is 0 Å². The first kappa shape index (κ1) is 8.73. The lowest BCUT2D eigenvalue weighted by atomic mass is 10.4. The summed E-state index contributed by atoms with van der Waals surface area (Å²) in [4.78, 5) is 8.50. The maximum atomic E-state index is 5.86. The summed E-state index contributed by atoms with van der Waals surface area (Å²) in [6.45, 7) is 0.618. The Bertz CT molecular complexity index is 509. The van der Waals surface area contributed by atoms with Crippen molar-refractivity contribution >= 4 is 11.6 Å². The zero-order valence-electron chi connectivity index (χ0n) is 7.85. The number of pyridine rings is 1. The molecule has 0 saturated heterocycles. The molecule has 0 N–H and O–H groups in total. The Morgan fingerprint density at radius 2 is 2.33 bits per heavy atom. The van der Waals surface area contributed by atoms with Gasteiger partial charge in [0.25, 0.3) is 0 Å². The number of nitrogens with zero attached hydrogens (tertiary/aromatic N) is 3. The molecule has 0 saturated carbocycles. The van der Waals surface area contributed by atoms with E-state index in [1.165, 1.54) is 0 Å². The van der Waals surface area contributed by atoms with Gasteiger partial charge in [0.1, 0.15) is 11.0 Å². The molecule has 0 amide bonds. The van der Waals surface area contributed by atoms with Crippen molar-refractivity contribution in [1.82, 2.24) is 14.5 Å². The van der Waals surface area contributed by atoms with Crippen LogP contribution in [0, 0.1) is 0 Å². The van der Waals surface area contributed by atoms with Crippen LogP contribution in [-0.4, -0.2) is 21.1 Å². The van der Waals surface area contributed by atoms with E-state index in [1.807, 2.05) is 16.8 Å². The summed E-state index contributed by atoms with van der Waals surface area (Å²) < 4.78 is 7.47. The predicted molar refractivity (Wildman–Crippen MR) is 55.6 cm³/mol. The fourth-order valence-corrected chi connectivity index (χ4v) is 1.81. The molecule has 15 heavy (non-hydrogen) atoms. The minimum Gasteiger partial charge on any atom is -0.489 e. The lowest BCUT2D eigenvalue weighted by molar-refractivity contribution is 0.324. The van der Waals surface area contributed by atoms with Gasteiger partial charge in [-0.2, -0.15) is 0 Å². The highest BCUT2D eigenvalue weighted by molar-refractivity contribution is 6.29. The first-order chi connectivity index (χ1) is 7.34. The molecule has 0 fully saturated rings. The predicted octanol–water partition coefficient (Wildman–Crippen LogP) is 1.86. The van der Waals surface area contributed by atoms with Crippen molar-refractivity contribution < 1.29 is 4.74 Å². The monoisotopic (exact) mass is 221 g/mol. The molecule has 1 aliphatic heterocycles. The van der Waals surface area contributed by atoms with E-state index < -0.39 is 0 Å².